The lowest BCUT2D eigenvalue weighted by Crippen LogP contribution is -2.51. The molecule has 0 radical (unpaired) electrons. The van der Waals surface area contributed by atoms with Crippen LogP contribution in [0, 0.1) is 5.92 Å². The molecule has 1 amide bonds. The largest absolute Gasteiger partial charge is 0.341 e. The third-order valence-corrected chi connectivity index (χ3v) is 4.41. The summed E-state index contributed by atoms with van der Waals surface area (Å²) < 4.78 is 0. The van der Waals surface area contributed by atoms with Gasteiger partial charge in [-0.1, -0.05) is 37.3 Å². The van der Waals surface area contributed by atoms with E-state index in [1.165, 1.54) is 5.56 Å². The van der Waals surface area contributed by atoms with Crippen LogP contribution in [-0.2, 0) is 11.3 Å². The van der Waals surface area contributed by atoms with Crippen molar-refractivity contribution in [3.63, 3.8) is 0 Å². The number of nitrogens with zero attached hydrogens (tertiary/aromatic N) is 2. The topological polar surface area (TPSA) is 35.6 Å². The van der Waals surface area contributed by atoms with Gasteiger partial charge < -0.3 is 10.2 Å². The van der Waals surface area contributed by atoms with Crippen LogP contribution in [0.1, 0.15) is 18.9 Å². The molecule has 0 saturated carbocycles. The molecule has 1 fully saturated rings. The summed E-state index contributed by atoms with van der Waals surface area (Å²) in [7, 11) is 3.76. The first-order valence-corrected chi connectivity index (χ1v) is 7.78. The van der Waals surface area contributed by atoms with Crippen molar-refractivity contribution in [3.8, 4) is 0 Å². The van der Waals surface area contributed by atoms with E-state index in [0.717, 1.165) is 26.1 Å². The molecule has 1 aliphatic rings. The molecule has 2 rings (SSSR count). The number of carbonyl (C=O) groups excluding carboxylic acids is 1. The number of benzene rings is 1. The Bertz CT molecular complexity index is 449. The zero-order chi connectivity index (χ0) is 15.2. The smallest absolute Gasteiger partial charge is 0.236 e. The van der Waals surface area contributed by atoms with E-state index in [1.54, 1.807) is 0 Å². The Kier molecular flexibility index (Phi) is 5.76. The number of nitrogens with one attached hydrogen (secondary N) is 1. The first-order valence-electron chi connectivity index (χ1n) is 7.78. The minimum Gasteiger partial charge on any atom is -0.341 e. The molecule has 0 aliphatic carbocycles. The first kappa shape index (κ1) is 16.0. The maximum atomic E-state index is 12.0. The average Bonchev–Trinajstić information content (AvgIpc) is 2.48. The number of piperidine rings is 1. The highest BCUT2D eigenvalue weighted by Gasteiger charge is 2.30. The van der Waals surface area contributed by atoms with Crippen molar-refractivity contribution in [2.45, 2.75) is 25.9 Å². The van der Waals surface area contributed by atoms with Gasteiger partial charge in [0.25, 0.3) is 0 Å². The molecular formula is C17H27N3O. The molecule has 2 atom stereocenters. The van der Waals surface area contributed by atoms with Gasteiger partial charge in [0.1, 0.15) is 0 Å². The molecule has 116 valence electrons. The summed E-state index contributed by atoms with van der Waals surface area (Å²) in [4.78, 5) is 16.4. The van der Waals surface area contributed by atoms with E-state index in [9.17, 15) is 4.79 Å². The number of likely N-dealkylation sites (tertiary alicyclic amines) is 1. The molecule has 0 unspecified atom stereocenters. The number of rotatable bonds is 5. The number of carbonyl (C=O) groups is 1. The van der Waals surface area contributed by atoms with E-state index < -0.39 is 0 Å². The van der Waals surface area contributed by atoms with Crippen LogP contribution < -0.4 is 5.32 Å². The summed E-state index contributed by atoms with van der Waals surface area (Å²) in [6, 6.07) is 11.0. The summed E-state index contributed by atoms with van der Waals surface area (Å²) in [5.74, 6) is 0.694. The molecule has 21 heavy (non-hydrogen) atoms. The fourth-order valence-electron chi connectivity index (χ4n) is 3.24. The molecule has 0 bridgehead atoms. The van der Waals surface area contributed by atoms with E-state index in [2.05, 4.69) is 47.5 Å². The molecule has 1 heterocycles. The zero-order valence-corrected chi connectivity index (χ0v) is 13.4. The van der Waals surface area contributed by atoms with Crippen LogP contribution in [0.4, 0.5) is 0 Å². The molecule has 0 spiro atoms. The maximum absolute atomic E-state index is 12.0. The monoisotopic (exact) mass is 289 g/mol. The molecule has 0 aromatic heterocycles. The van der Waals surface area contributed by atoms with Gasteiger partial charge >= 0.3 is 0 Å². The van der Waals surface area contributed by atoms with E-state index in [1.807, 2.05) is 19.0 Å². The van der Waals surface area contributed by atoms with Crippen LogP contribution in [0.5, 0.6) is 0 Å². The third-order valence-electron chi connectivity index (χ3n) is 4.41. The number of likely N-dealkylation sites (N-methyl/N-ethyl adjacent to an activating group) is 2. The second-order valence-corrected chi connectivity index (χ2v) is 6.09. The van der Waals surface area contributed by atoms with Gasteiger partial charge in [-0.3, -0.25) is 9.69 Å². The van der Waals surface area contributed by atoms with Gasteiger partial charge in [0.2, 0.25) is 5.91 Å². The molecule has 4 nitrogen and oxygen atoms in total. The van der Waals surface area contributed by atoms with Crippen molar-refractivity contribution >= 4 is 5.91 Å². The Hall–Kier alpha value is -1.39. The number of hydrogen-bond acceptors (Lipinski definition) is 3. The maximum Gasteiger partial charge on any atom is 0.236 e. The summed E-state index contributed by atoms with van der Waals surface area (Å²) >= 11 is 0. The number of amides is 1. The highest BCUT2D eigenvalue weighted by Crippen LogP contribution is 2.22. The van der Waals surface area contributed by atoms with Gasteiger partial charge in [-0.05, 0) is 24.9 Å². The predicted molar refractivity (Wildman–Crippen MR) is 86.0 cm³/mol. The minimum atomic E-state index is 0.186. The summed E-state index contributed by atoms with van der Waals surface area (Å²) in [5.41, 5.74) is 1.36. The Morgan fingerprint density at radius 2 is 2.10 bits per heavy atom. The molecule has 1 saturated heterocycles. The highest BCUT2D eigenvalue weighted by atomic mass is 16.2. The van der Waals surface area contributed by atoms with Crippen molar-refractivity contribution in [2.75, 3.05) is 33.7 Å². The average molecular weight is 289 g/mol. The SMILES string of the molecule is CNCC(=O)N(C)[C@@H]1CCN(Cc2ccccc2)C[C@@H]1C. The van der Waals surface area contributed by atoms with Gasteiger partial charge in [-0.2, -0.15) is 0 Å². The lowest BCUT2D eigenvalue weighted by molar-refractivity contribution is -0.133. The molecule has 1 N–H and O–H groups in total. The van der Waals surface area contributed by atoms with E-state index in [-0.39, 0.29) is 5.91 Å². The second kappa shape index (κ2) is 7.57. The zero-order valence-electron chi connectivity index (χ0n) is 13.4. The second-order valence-electron chi connectivity index (χ2n) is 6.09. The Labute approximate surface area is 128 Å². The van der Waals surface area contributed by atoms with Gasteiger partial charge in [0.15, 0.2) is 0 Å². The fraction of sp³-hybridized carbons (Fsp3) is 0.588. The Balaban J connectivity index is 1.88. The predicted octanol–water partition coefficient (Wildman–Crippen LogP) is 1.57. The van der Waals surface area contributed by atoms with Crippen LogP contribution in [0.3, 0.4) is 0 Å². The van der Waals surface area contributed by atoms with Crippen molar-refractivity contribution in [1.29, 1.82) is 0 Å². The van der Waals surface area contributed by atoms with E-state index in [0.29, 0.717) is 18.5 Å². The molecule has 1 aromatic rings. The van der Waals surface area contributed by atoms with Crippen LogP contribution in [0.15, 0.2) is 30.3 Å². The van der Waals surface area contributed by atoms with Crippen molar-refractivity contribution < 1.29 is 4.79 Å². The molecule has 1 aliphatic heterocycles. The van der Waals surface area contributed by atoms with Crippen LogP contribution in [0.25, 0.3) is 0 Å². The van der Waals surface area contributed by atoms with Crippen LogP contribution in [0.2, 0.25) is 0 Å². The number of hydrogen-bond donors (Lipinski definition) is 1. The normalized spacial score (nSPS) is 23.0. The Morgan fingerprint density at radius 3 is 2.71 bits per heavy atom. The van der Waals surface area contributed by atoms with Crippen molar-refractivity contribution in [1.82, 2.24) is 15.1 Å². The minimum absolute atomic E-state index is 0.186. The van der Waals surface area contributed by atoms with Crippen LogP contribution >= 0.6 is 0 Å². The highest BCUT2D eigenvalue weighted by molar-refractivity contribution is 5.78. The summed E-state index contributed by atoms with van der Waals surface area (Å²) in [6.45, 7) is 5.79. The van der Waals surface area contributed by atoms with Gasteiger partial charge in [0, 0.05) is 32.7 Å². The standard InChI is InChI=1S/C17H27N3O/c1-14-12-20(13-15-7-5-4-6-8-15)10-9-16(14)19(3)17(21)11-18-2/h4-8,14,16,18H,9-13H2,1-3H3/t14-,16+/m0/s1. The molecule has 4 heteroatoms. The molecular weight excluding hydrogens is 262 g/mol. The lowest BCUT2D eigenvalue weighted by Gasteiger charge is -2.41. The molecule has 1 aromatic carbocycles. The summed E-state index contributed by atoms with van der Waals surface area (Å²) in [5, 5.41) is 2.94. The Morgan fingerprint density at radius 1 is 1.38 bits per heavy atom. The van der Waals surface area contributed by atoms with Gasteiger partial charge in [-0.15, -0.1) is 0 Å². The lowest BCUT2D eigenvalue weighted by atomic mass is 9.92. The van der Waals surface area contributed by atoms with Gasteiger partial charge in [-0.25, -0.2) is 0 Å². The quantitative estimate of drug-likeness (QED) is 0.894. The van der Waals surface area contributed by atoms with Crippen molar-refractivity contribution in [3.05, 3.63) is 35.9 Å². The summed E-state index contributed by atoms with van der Waals surface area (Å²) in [6.07, 6.45) is 1.06. The fourth-order valence-corrected chi connectivity index (χ4v) is 3.24. The van der Waals surface area contributed by atoms with Gasteiger partial charge in [0.05, 0.1) is 6.54 Å². The van der Waals surface area contributed by atoms with E-state index >= 15 is 0 Å². The van der Waals surface area contributed by atoms with Crippen LogP contribution in [-0.4, -0.2) is 55.5 Å². The first-order chi connectivity index (χ1) is 10.1. The van der Waals surface area contributed by atoms with E-state index in [4.69, 9.17) is 0 Å². The van der Waals surface area contributed by atoms with Crippen molar-refractivity contribution in [2.24, 2.45) is 5.92 Å². The third kappa shape index (κ3) is 4.29.